The number of unbranched alkanes of at least 4 members (excludes halogenated alkanes) is 1. The Kier molecular flexibility index (Phi) is 10.2. The van der Waals surface area contributed by atoms with Gasteiger partial charge in [0.1, 0.15) is 0 Å². The molecule has 0 bridgehead atoms. The summed E-state index contributed by atoms with van der Waals surface area (Å²) in [5.41, 5.74) is 0. The van der Waals surface area contributed by atoms with Gasteiger partial charge in [-0.3, -0.25) is 0 Å². The molecule has 0 aromatic rings. The number of rotatable bonds is 8. The maximum absolute atomic E-state index is 5.49. The Morgan fingerprint density at radius 3 is 1.92 bits per heavy atom. The summed E-state index contributed by atoms with van der Waals surface area (Å²) in [5, 5.41) is 0. The molecule has 0 fully saturated rings. The maximum atomic E-state index is 5.49. The molecule has 73 valence electrons. The Hall–Kier alpha value is 0.594. The van der Waals surface area contributed by atoms with Crippen LogP contribution < -0.4 is 0 Å². The summed E-state index contributed by atoms with van der Waals surface area (Å²) >= 11 is -2.03. The molecule has 0 saturated heterocycles. The first-order valence-corrected chi connectivity index (χ1v) is 6.51. The third kappa shape index (κ3) is 7.25. The van der Waals surface area contributed by atoms with Gasteiger partial charge in [-0.2, -0.15) is 0 Å². The summed E-state index contributed by atoms with van der Waals surface area (Å²) in [7, 11) is 0. The van der Waals surface area contributed by atoms with Gasteiger partial charge in [-0.25, -0.2) is 0 Å². The fraction of sp³-hybridized carbons (Fsp3) is 1.00. The van der Waals surface area contributed by atoms with Crippen molar-refractivity contribution in [1.82, 2.24) is 0 Å². The first kappa shape index (κ1) is 12.6. The summed E-state index contributed by atoms with van der Waals surface area (Å²) in [6.07, 6.45) is 2.25. The van der Waals surface area contributed by atoms with Gasteiger partial charge in [0, 0.05) is 0 Å². The molecular formula is C8H19O3Ti. The van der Waals surface area contributed by atoms with E-state index in [1.165, 1.54) is 0 Å². The van der Waals surface area contributed by atoms with Crippen molar-refractivity contribution in [3.05, 3.63) is 0 Å². The zero-order valence-corrected chi connectivity index (χ0v) is 9.82. The molecular weight excluding hydrogens is 192 g/mol. The predicted molar refractivity (Wildman–Crippen MR) is 44.1 cm³/mol. The first-order chi connectivity index (χ1) is 5.85. The second-order valence-electron chi connectivity index (χ2n) is 2.32. The predicted octanol–water partition coefficient (Wildman–Crippen LogP) is 2.24. The van der Waals surface area contributed by atoms with Gasteiger partial charge in [-0.05, 0) is 0 Å². The minimum atomic E-state index is -2.03. The molecule has 0 heterocycles. The van der Waals surface area contributed by atoms with Crippen molar-refractivity contribution in [2.75, 3.05) is 19.8 Å². The van der Waals surface area contributed by atoms with E-state index in [1.54, 1.807) is 0 Å². The average Bonchev–Trinajstić information content (AvgIpc) is 2.06. The van der Waals surface area contributed by atoms with Crippen molar-refractivity contribution in [3.8, 4) is 0 Å². The molecule has 0 rings (SSSR count). The molecule has 0 spiro atoms. The second kappa shape index (κ2) is 9.68. The van der Waals surface area contributed by atoms with Gasteiger partial charge in [0.05, 0.1) is 0 Å². The zero-order valence-electron chi connectivity index (χ0n) is 8.26. The van der Waals surface area contributed by atoms with Gasteiger partial charge in [-0.15, -0.1) is 0 Å². The van der Waals surface area contributed by atoms with Gasteiger partial charge in [-0.1, -0.05) is 0 Å². The Balaban J connectivity index is 3.34. The fourth-order valence-electron chi connectivity index (χ4n) is 0.661. The third-order valence-electron chi connectivity index (χ3n) is 1.24. The Morgan fingerprint density at radius 1 is 0.917 bits per heavy atom. The Morgan fingerprint density at radius 2 is 1.50 bits per heavy atom. The van der Waals surface area contributed by atoms with E-state index in [2.05, 4.69) is 6.92 Å². The molecule has 0 atom stereocenters. The van der Waals surface area contributed by atoms with E-state index in [-0.39, 0.29) is 0 Å². The van der Waals surface area contributed by atoms with Gasteiger partial charge in [0.2, 0.25) is 0 Å². The normalized spacial score (nSPS) is 10.2. The van der Waals surface area contributed by atoms with Crippen molar-refractivity contribution >= 4 is 0 Å². The molecule has 0 radical (unpaired) electrons. The summed E-state index contributed by atoms with van der Waals surface area (Å²) in [6, 6.07) is 0. The van der Waals surface area contributed by atoms with Crippen LogP contribution >= 0.6 is 0 Å². The van der Waals surface area contributed by atoms with Gasteiger partial charge >= 0.3 is 82.4 Å². The standard InChI is InChI=1S/C4H9O.2C2H5O.Ti/c1-2-3-4-5;2*1-2-3;/h2-4H2,1H3;2*2H2,1H3;/q3*-1;+3. The molecule has 0 N–H and O–H groups in total. The summed E-state index contributed by atoms with van der Waals surface area (Å²) in [4.78, 5) is 0. The van der Waals surface area contributed by atoms with Crippen LogP contribution in [0.1, 0.15) is 33.6 Å². The van der Waals surface area contributed by atoms with Gasteiger partial charge in [0.15, 0.2) is 0 Å². The van der Waals surface area contributed by atoms with Crippen LogP contribution in [0.2, 0.25) is 0 Å². The van der Waals surface area contributed by atoms with Gasteiger partial charge < -0.3 is 0 Å². The van der Waals surface area contributed by atoms with E-state index < -0.39 is 19.0 Å². The fourth-order valence-corrected chi connectivity index (χ4v) is 2.27. The van der Waals surface area contributed by atoms with E-state index in [9.17, 15) is 0 Å². The number of hydrogen-bond donors (Lipinski definition) is 0. The van der Waals surface area contributed by atoms with E-state index in [0.29, 0.717) is 13.2 Å². The molecule has 0 aliphatic carbocycles. The van der Waals surface area contributed by atoms with E-state index in [1.807, 2.05) is 13.8 Å². The molecule has 4 heteroatoms. The molecule has 0 saturated carbocycles. The van der Waals surface area contributed by atoms with Crippen LogP contribution in [0.15, 0.2) is 0 Å². The number of hydrogen-bond acceptors (Lipinski definition) is 3. The van der Waals surface area contributed by atoms with E-state index in [0.717, 1.165) is 19.4 Å². The zero-order chi connectivity index (χ0) is 9.23. The van der Waals surface area contributed by atoms with Crippen molar-refractivity contribution in [1.29, 1.82) is 0 Å². The average molecular weight is 211 g/mol. The molecule has 0 aromatic heterocycles. The van der Waals surface area contributed by atoms with E-state index >= 15 is 0 Å². The first-order valence-electron chi connectivity index (χ1n) is 4.60. The topological polar surface area (TPSA) is 27.7 Å². The quantitative estimate of drug-likeness (QED) is 0.455. The van der Waals surface area contributed by atoms with Gasteiger partial charge in [0.25, 0.3) is 0 Å². The van der Waals surface area contributed by atoms with Crippen molar-refractivity contribution in [3.63, 3.8) is 0 Å². The van der Waals surface area contributed by atoms with Crippen molar-refractivity contribution in [2.45, 2.75) is 33.6 Å². The molecule has 0 aromatic carbocycles. The summed E-state index contributed by atoms with van der Waals surface area (Å²) in [6.45, 7) is 8.25. The minimum absolute atomic E-state index is 0.696. The van der Waals surface area contributed by atoms with Crippen LogP contribution in [-0.4, -0.2) is 19.8 Å². The monoisotopic (exact) mass is 211 g/mol. The second-order valence-corrected chi connectivity index (χ2v) is 4.45. The van der Waals surface area contributed by atoms with Crippen LogP contribution in [-0.2, 0) is 29.0 Å². The molecule has 0 aliphatic rings. The van der Waals surface area contributed by atoms with Crippen LogP contribution in [0.5, 0.6) is 0 Å². The molecule has 0 unspecified atom stereocenters. The van der Waals surface area contributed by atoms with Crippen LogP contribution in [0.25, 0.3) is 0 Å². The van der Waals surface area contributed by atoms with Crippen LogP contribution in [0, 0.1) is 0 Å². The summed E-state index contributed by atoms with van der Waals surface area (Å²) < 4.78 is 16.2. The molecule has 0 amide bonds. The van der Waals surface area contributed by atoms with Crippen LogP contribution in [0.4, 0.5) is 0 Å². The third-order valence-corrected chi connectivity index (χ3v) is 3.57. The molecule has 0 aliphatic heterocycles. The van der Waals surface area contributed by atoms with Crippen LogP contribution in [0.3, 0.4) is 0 Å². The Labute approximate surface area is 82.6 Å². The summed E-state index contributed by atoms with van der Waals surface area (Å²) in [5.74, 6) is 0. The SMILES string of the molecule is CCCC[O][Ti]([O]CC)[O]CC. The molecule has 12 heavy (non-hydrogen) atoms. The molecule has 3 nitrogen and oxygen atoms in total. The van der Waals surface area contributed by atoms with Crippen molar-refractivity contribution in [2.24, 2.45) is 0 Å². The van der Waals surface area contributed by atoms with E-state index in [4.69, 9.17) is 9.96 Å². The van der Waals surface area contributed by atoms with Crippen molar-refractivity contribution < 1.29 is 29.0 Å². The Bertz CT molecular complexity index is 84.4.